The fraction of sp³-hybridized carbons (Fsp3) is 0.722. The van der Waals surface area contributed by atoms with Gasteiger partial charge in [-0.3, -0.25) is 0 Å². The number of hydrogen-bond donors (Lipinski definition) is 1. The van der Waals surface area contributed by atoms with Crippen LogP contribution in [0, 0.1) is 0 Å². The molecule has 128 valence electrons. The Hall–Kier alpha value is -1.07. The maximum atomic E-state index is 12.3. The van der Waals surface area contributed by atoms with E-state index < -0.39 is 5.60 Å². The second-order valence-electron chi connectivity index (χ2n) is 7.62. The Morgan fingerprint density at radius 2 is 2.22 bits per heavy atom. The van der Waals surface area contributed by atoms with Crippen molar-refractivity contribution in [1.29, 1.82) is 0 Å². The van der Waals surface area contributed by atoms with Gasteiger partial charge in [0.05, 0.1) is 0 Å². The number of likely N-dealkylation sites (tertiary alicyclic amines) is 1. The number of carbonyl (C=O) groups is 1. The maximum Gasteiger partial charge on any atom is 0.410 e. The molecule has 4 nitrogen and oxygen atoms in total. The second kappa shape index (κ2) is 6.81. The summed E-state index contributed by atoms with van der Waals surface area (Å²) in [5.74, 6) is 0. The molecule has 1 aliphatic carbocycles. The molecule has 1 amide bonds. The van der Waals surface area contributed by atoms with Crippen LogP contribution < -0.4 is 5.32 Å². The Balaban J connectivity index is 1.47. The van der Waals surface area contributed by atoms with Crippen molar-refractivity contribution < 1.29 is 9.53 Å². The molecule has 1 fully saturated rings. The summed E-state index contributed by atoms with van der Waals surface area (Å²) in [4.78, 5) is 17.2. The van der Waals surface area contributed by atoms with Crippen molar-refractivity contribution in [3.05, 3.63) is 21.4 Å². The van der Waals surface area contributed by atoms with Crippen molar-refractivity contribution in [2.24, 2.45) is 0 Å². The molecule has 23 heavy (non-hydrogen) atoms. The van der Waals surface area contributed by atoms with E-state index in [1.54, 1.807) is 10.4 Å². The number of hydrogen-bond acceptors (Lipinski definition) is 4. The molecular formula is C18H28N2O2S. The van der Waals surface area contributed by atoms with Crippen molar-refractivity contribution in [2.45, 2.75) is 71.1 Å². The number of nitrogens with one attached hydrogen (secondary N) is 1. The molecule has 0 aromatic carbocycles. The predicted octanol–water partition coefficient (Wildman–Crippen LogP) is 3.73. The molecule has 0 bridgehead atoms. The van der Waals surface area contributed by atoms with Crippen LogP contribution in [-0.2, 0) is 24.1 Å². The van der Waals surface area contributed by atoms with Gasteiger partial charge in [-0.25, -0.2) is 4.79 Å². The van der Waals surface area contributed by atoms with Crippen molar-refractivity contribution >= 4 is 17.4 Å². The number of fused-ring (bicyclic) bond motifs is 1. The third kappa shape index (κ3) is 4.27. The Morgan fingerprint density at radius 3 is 2.96 bits per heavy atom. The van der Waals surface area contributed by atoms with Crippen LogP contribution in [0.3, 0.4) is 0 Å². The molecule has 1 aromatic rings. The lowest BCUT2D eigenvalue weighted by molar-refractivity contribution is 0.0226. The average molecular weight is 337 g/mol. The van der Waals surface area contributed by atoms with E-state index in [0.29, 0.717) is 0 Å². The first kappa shape index (κ1) is 16.8. The summed E-state index contributed by atoms with van der Waals surface area (Å²) in [5.41, 5.74) is 1.14. The number of amides is 1. The zero-order valence-corrected chi connectivity index (χ0v) is 15.3. The largest absolute Gasteiger partial charge is 0.444 e. The standard InChI is InChI=1S/C18H28N2O2S/c1-18(2,3)22-17(21)20-9-5-7-14(20)11-19-12-15-10-13-6-4-8-16(13)23-15/h10,14,19H,4-9,11-12H2,1-3H3. The summed E-state index contributed by atoms with van der Waals surface area (Å²) in [6, 6.07) is 2.62. The lowest BCUT2D eigenvalue weighted by Gasteiger charge is -2.28. The van der Waals surface area contributed by atoms with Gasteiger partial charge in [-0.1, -0.05) is 0 Å². The van der Waals surface area contributed by atoms with Crippen LogP contribution in [0.4, 0.5) is 4.79 Å². The lowest BCUT2D eigenvalue weighted by Crippen LogP contribution is -2.43. The van der Waals surface area contributed by atoms with E-state index in [4.69, 9.17) is 4.74 Å². The quantitative estimate of drug-likeness (QED) is 0.911. The summed E-state index contributed by atoms with van der Waals surface area (Å²) in [5, 5.41) is 3.54. The van der Waals surface area contributed by atoms with E-state index in [1.165, 1.54) is 24.1 Å². The van der Waals surface area contributed by atoms with Gasteiger partial charge >= 0.3 is 6.09 Å². The summed E-state index contributed by atoms with van der Waals surface area (Å²) < 4.78 is 5.52. The van der Waals surface area contributed by atoms with Gasteiger partial charge in [0.15, 0.2) is 0 Å². The molecular weight excluding hydrogens is 308 g/mol. The molecule has 1 unspecified atom stereocenters. The van der Waals surface area contributed by atoms with E-state index in [9.17, 15) is 4.79 Å². The second-order valence-corrected chi connectivity index (χ2v) is 8.84. The van der Waals surface area contributed by atoms with Gasteiger partial charge in [0.2, 0.25) is 0 Å². The topological polar surface area (TPSA) is 41.6 Å². The number of thiophene rings is 1. The molecule has 0 radical (unpaired) electrons. The molecule has 1 atom stereocenters. The van der Waals surface area contributed by atoms with Gasteiger partial charge in [-0.15, -0.1) is 11.3 Å². The van der Waals surface area contributed by atoms with Crippen LogP contribution in [0.25, 0.3) is 0 Å². The van der Waals surface area contributed by atoms with Crippen molar-refractivity contribution in [1.82, 2.24) is 10.2 Å². The van der Waals surface area contributed by atoms with Crippen molar-refractivity contribution in [2.75, 3.05) is 13.1 Å². The molecule has 2 aliphatic rings. The average Bonchev–Trinajstić information content (AvgIpc) is 3.10. The minimum atomic E-state index is -0.421. The molecule has 5 heteroatoms. The van der Waals surface area contributed by atoms with E-state index in [1.807, 2.05) is 37.0 Å². The van der Waals surface area contributed by atoms with E-state index in [-0.39, 0.29) is 12.1 Å². The zero-order valence-electron chi connectivity index (χ0n) is 14.5. The monoisotopic (exact) mass is 336 g/mol. The maximum absolute atomic E-state index is 12.3. The Bertz CT molecular complexity index is 540. The van der Waals surface area contributed by atoms with Crippen LogP contribution >= 0.6 is 11.3 Å². The number of nitrogens with zero attached hydrogens (tertiary/aromatic N) is 1. The SMILES string of the molecule is CC(C)(C)OC(=O)N1CCCC1CNCc1cc2c(s1)CCC2. The van der Waals surface area contributed by atoms with Crippen molar-refractivity contribution in [3.63, 3.8) is 0 Å². The van der Waals surface area contributed by atoms with E-state index in [0.717, 1.165) is 32.5 Å². The molecule has 1 saturated heterocycles. The number of ether oxygens (including phenoxy) is 1. The number of rotatable bonds is 4. The zero-order chi connectivity index (χ0) is 16.4. The third-order valence-electron chi connectivity index (χ3n) is 4.48. The third-order valence-corrected chi connectivity index (χ3v) is 5.72. The summed E-state index contributed by atoms with van der Waals surface area (Å²) in [7, 11) is 0. The van der Waals surface area contributed by atoms with Gasteiger partial charge in [-0.2, -0.15) is 0 Å². The first-order chi connectivity index (χ1) is 10.9. The van der Waals surface area contributed by atoms with Crippen LogP contribution in [-0.4, -0.2) is 35.7 Å². The molecule has 1 N–H and O–H groups in total. The van der Waals surface area contributed by atoms with Gasteiger partial charge < -0.3 is 15.0 Å². The summed E-state index contributed by atoms with van der Waals surface area (Å²) in [6.07, 6.45) is 5.79. The minimum Gasteiger partial charge on any atom is -0.444 e. The normalized spacial score (nSPS) is 20.8. The van der Waals surface area contributed by atoms with Gasteiger partial charge in [-0.05, 0) is 64.5 Å². The van der Waals surface area contributed by atoms with Crippen molar-refractivity contribution in [3.8, 4) is 0 Å². The summed E-state index contributed by atoms with van der Waals surface area (Å²) >= 11 is 1.95. The van der Waals surface area contributed by atoms with Gasteiger partial charge in [0, 0.05) is 35.4 Å². The number of carbonyl (C=O) groups excluding carboxylic acids is 1. The smallest absolute Gasteiger partial charge is 0.410 e. The highest BCUT2D eigenvalue weighted by molar-refractivity contribution is 7.12. The molecule has 0 saturated carbocycles. The van der Waals surface area contributed by atoms with Crippen LogP contribution in [0.1, 0.15) is 55.4 Å². The van der Waals surface area contributed by atoms with Crippen LogP contribution in [0.5, 0.6) is 0 Å². The molecule has 2 heterocycles. The predicted molar refractivity (Wildman–Crippen MR) is 94.0 cm³/mol. The van der Waals surface area contributed by atoms with Crippen LogP contribution in [0.2, 0.25) is 0 Å². The minimum absolute atomic E-state index is 0.170. The van der Waals surface area contributed by atoms with E-state index in [2.05, 4.69) is 11.4 Å². The first-order valence-electron chi connectivity index (χ1n) is 8.73. The van der Waals surface area contributed by atoms with Crippen LogP contribution in [0.15, 0.2) is 6.07 Å². The highest BCUT2D eigenvalue weighted by Crippen LogP contribution is 2.30. The highest BCUT2D eigenvalue weighted by Gasteiger charge is 2.31. The fourth-order valence-corrected chi connectivity index (χ4v) is 4.68. The number of aryl methyl sites for hydroxylation is 2. The Kier molecular flexibility index (Phi) is 4.97. The fourth-order valence-electron chi connectivity index (χ4n) is 3.45. The lowest BCUT2D eigenvalue weighted by atomic mass is 10.2. The van der Waals surface area contributed by atoms with E-state index >= 15 is 0 Å². The molecule has 1 aliphatic heterocycles. The summed E-state index contributed by atoms with van der Waals surface area (Å²) in [6.45, 7) is 8.34. The Labute approximate surface area is 143 Å². The first-order valence-corrected chi connectivity index (χ1v) is 9.55. The molecule has 1 aromatic heterocycles. The Morgan fingerprint density at radius 1 is 1.39 bits per heavy atom. The molecule has 3 rings (SSSR count). The molecule has 0 spiro atoms. The van der Waals surface area contributed by atoms with Gasteiger partial charge in [0.1, 0.15) is 5.60 Å². The van der Waals surface area contributed by atoms with Gasteiger partial charge in [0.25, 0.3) is 0 Å². The highest BCUT2D eigenvalue weighted by atomic mass is 32.1.